The minimum atomic E-state index is -3.61. The van der Waals surface area contributed by atoms with Crippen molar-refractivity contribution in [3.05, 3.63) is 47.8 Å². The number of aromatic nitrogens is 1. The molecule has 1 aromatic carbocycles. The second-order valence-electron chi connectivity index (χ2n) is 5.59. The molecule has 0 radical (unpaired) electrons. The second kappa shape index (κ2) is 6.76. The topological polar surface area (TPSA) is 91.5 Å². The first-order valence-corrected chi connectivity index (χ1v) is 9.05. The zero-order chi connectivity index (χ0) is 17.2. The SMILES string of the molecule is Cc1ccc(NC(=O)c2cc(S(=O)(=O)N3CCOCC3)c[nH]2)cc1. The molecule has 1 amide bonds. The summed E-state index contributed by atoms with van der Waals surface area (Å²) in [5.41, 5.74) is 1.94. The Morgan fingerprint density at radius 3 is 2.54 bits per heavy atom. The summed E-state index contributed by atoms with van der Waals surface area (Å²) >= 11 is 0. The quantitative estimate of drug-likeness (QED) is 0.877. The summed E-state index contributed by atoms with van der Waals surface area (Å²) in [4.78, 5) is 15.1. The molecule has 2 aromatic rings. The number of rotatable bonds is 4. The van der Waals surface area contributed by atoms with Crippen LogP contribution < -0.4 is 5.32 Å². The van der Waals surface area contributed by atoms with Crippen molar-refractivity contribution < 1.29 is 17.9 Å². The minimum absolute atomic E-state index is 0.0819. The maximum Gasteiger partial charge on any atom is 0.272 e. The Labute approximate surface area is 140 Å². The summed E-state index contributed by atoms with van der Waals surface area (Å²) in [7, 11) is -3.61. The number of benzene rings is 1. The molecule has 0 saturated carbocycles. The molecule has 3 rings (SSSR count). The number of amides is 1. The number of anilines is 1. The largest absolute Gasteiger partial charge is 0.379 e. The van der Waals surface area contributed by atoms with Crippen LogP contribution in [0, 0.1) is 6.92 Å². The lowest BCUT2D eigenvalue weighted by molar-refractivity contribution is 0.0730. The van der Waals surface area contributed by atoms with Crippen LogP contribution >= 0.6 is 0 Å². The van der Waals surface area contributed by atoms with E-state index in [4.69, 9.17) is 4.74 Å². The van der Waals surface area contributed by atoms with Crippen LogP contribution in [-0.2, 0) is 14.8 Å². The van der Waals surface area contributed by atoms with Gasteiger partial charge >= 0.3 is 0 Å². The van der Waals surface area contributed by atoms with E-state index in [-0.39, 0.29) is 16.5 Å². The fourth-order valence-electron chi connectivity index (χ4n) is 2.43. The Bertz CT molecular complexity index is 821. The molecule has 1 fully saturated rings. The molecule has 0 bridgehead atoms. The molecule has 7 nitrogen and oxygen atoms in total. The molecule has 1 saturated heterocycles. The fourth-order valence-corrected chi connectivity index (χ4v) is 3.83. The third kappa shape index (κ3) is 3.50. The Kier molecular flexibility index (Phi) is 4.70. The van der Waals surface area contributed by atoms with Gasteiger partial charge in [-0.2, -0.15) is 4.31 Å². The Morgan fingerprint density at radius 1 is 1.21 bits per heavy atom. The second-order valence-corrected chi connectivity index (χ2v) is 7.52. The summed E-state index contributed by atoms with van der Waals surface area (Å²) in [5, 5.41) is 2.73. The number of carbonyl (C=O) groups is 1. The molecule has 128 valence electrons. The van der Waals surface area contributed by atoms with Gasteiger partial charge in [-0.3, -0.25) is 4.79 Å². The fraction of sp³-hybridized carbons (Fsp3) is 0.312. The highest BCUT2D eigenvalue weighted by Gasteiger charge is 2.27. The van der Waals surface area contributed by atoms with Crippen LogP contribution in [-0.4, -0.2) is 49.9 Å². The number of sulfonamides is 1. The number of H-pyrrole nitrogens is 1. The van der Waals surface area contributed by atoms with Crippen molar-refractivity contribution in [1.82, 2.24) is 9.29 Å². The summed E-state index contributed by atoms with van der Waals surface area (Å²) in [6.45, 7) is 3.35. The summed E-state index contributed by atoms with van der Waals surface area (Å²) in [5.74, 6) is -0.387. The van der Waals surface area contributed by atoms with E-state index in [0.29, 0.717) is 32.0 Å². The molecule has 2 N–H and O–H groups in total. The third-order valence-corrected chi connectivity index (χ3v) is 5.69. The Morgan fingerprint density at radius 2 is 1.88 bits per heavy atom. The van der Waals surface area contributed by atoms with Crippen LogP contribution in [0.15, 0.2) is 41.4 Å². The Hall–Kier alpha value is -2.16. The molecule has 1 aliphatic heterocycles. The van der Waals surface area contributed by atoms with Gasteiger partial charge in [0.05, 0.1) is 13.2 Å². The molecule has 8 heteroatoms. The molecule has 0 atom stereocenters. The van der Waals surface area contributed by atoms with Gasteiger partial charge in [0.25, 0.3) is 5.91 Å². The van der Waals surface area contributed by atoms with E-state index in [1.165, 1.54) is 16.6 Å². The van der Waals surface area contributed by atoms with Crippen molar-refractivity contribution in [3.8, 4) is 0 Å². The van der Waals surface area contributed by atoms with Gasteiger partial charge in [-0.1, -0.05) is 17.7 Å². The van der Waals surface area contributed by atoms with Crippen molar-refractivity contribution in [2.24, 2.45) is 0 Å². The molecular formula is C16H19N3O4S. The Balaban J connectivity index is 1.74. The van der Waals surface area contributed by atoms with Crippen LogP contribution in [0.4, 0.5) is 5.69 Å². The van der Waals surface area contributed by atoms with E-state index < -0.39 is 10.0 Å². The summed E-state index contributed by atoms with van der Waals surface area (Å²) in [6.07, 6.45) is 1.34. The lowest BCUT2D eigenvalue weighted by Crippen LogP contribution is -2.40. The minimum Gasteiger partial charge on any atom is -0.379 e. The van der Waals surface area contributed by atoms with Crippen LogP contribution in [0.5, 0.6) is 0 Å². The van der Waals surface area contributed by atoms with Crippen molar-refractivity contribution in [2.45, 2.75) is 11.8 Å². The van der Waals surface area contributed by atoms with Gasteiger partial charge < -0.3 is 15.0 Å². The number of morpholine rings is 1. The van der Waals surface area contributed by atoms with Gasteiger partial charge in [0, 0.05) is 25.0 Å². The molecular weight excluding hydrogens is 330 g/mol. The van der Waals surface area contributed by atoms with Gasteiger partial charge in [0.2, 0.25) is 10.0 Å². The predicted molar refractivity (Wildman–Crippen MR) is 89.5 cm³/mol. The first-order chi connectivity index (χ1) is 11.5. The van der Waals surface area contributed by atoms with Crippen molar-refractivity contribution in [3.63, 3.8) is 0 Å². The van der Waals surface area contributed by atoms with Crippen molar-refractivity contribution >= 4 is 21.6 Å². The number of ether oxygens (including phenoxy) is 1. The van der Waals surface area contributed by atoms with Crippen LogP contribution in [0.25, 0.3) is 0 Å². The lowest BCUT2D eigenvalue weighted by Gasteiger charge is -2.25. The molecule has 24 heavy (non-hydrogen) atoms. The van der Waals surface area contributed by atoms with E-state index >= 15 is 0 Å². The van der Waals surface area contributed by atoms with E-state index in [2.05, 4.69) is 10.3 Å². The molecule has 2 heterocycles. The highest BCUT2D eigenvalue weighted by molar-refractivity contribution is 7.89. The van der Waals surface area contributed by atoms with Gasteiger partial charge in [-0.15, -0.1) is 0 Å². The standard InChI is InChI=1S/C16H19N3O4S/c1-12-2-4-13(5-3-12)18-16(20)15-10-14(11-17-15)24(21,22)19-6-8-23-9-7-19/h2-5,10-11,17H,6-9H2,1H3,(H,18,20). The molecule has 0 unspecified atom stereocenters. The highest BCUT2D eigenvalue weighted by Crippen LogP contribution is 2.19. The van der Waals surface area contributed by atoms with E-state index in [9.17, 15) is 13.2 Å². The first-order valence-electron chi connectivity index (χ1n) is 7.61. The van der Waals surface area contributed by atoms with Crippen LogP contribution in [0.3, 0.4) is 0 Å². The van der Waals surface area contributed by atoms with Gasteiger partial charge in [-0.25, -0.2) is 8.42 Å². The summed E-state index contributed by atoms with van der Waals surface area (Å²) < 4.78 is 31.6. The molecule has 1 aromatic heterocycles. The normalized spacial score (nSPS) is 16.0. The zero-order valence-corrected chi connectivity index (χ0v) is 14.1. The maximum atomic E-state index is 12.5. The number of carbonyl (C=O) groups excluding carboxylic acids is 1. The molecule has 0 spiro atoms. The van der Waals surface area contributed by atoms with E-state index in [1.54, 1.807) is 12.1 Å². The number of hydrogen-bond donors (Lipinski definition) is 2. The van der Waals surface area contributed by atoms with E-state index in [1.807, 2.05) is 19.1 Å². The molecule has 1 aliphatic rings. The van der Waals surface area contributed by atoms with Crippen LogP contribution in [0.1, 0.15) is 16.1 Å². The highest BCUT2D eigenvalue weighted by atomic mass is 32.2. The van der Waals surface area contributed by atoms with Crippen molar-refractivity contribution in [2.75, 3.05) is 31.6 Å². The van der Waals surface area contributed by atoms with Gasteiger partial charge in [0.15, 0.2) is 0 Å². The predicted octanol–water partition coefficient (Wildman–Crippen LogP) is 1.60. The molecule has 0 aliphatic carbocycles. The smallest absolute Gasteiger partial charge is 0.272 e. The van der Waals surface area contributed by atoms with Crippen molar-refractivity contribution in [1.29, 1.82) is 0 Å². The number of aromatic amines is 1. The van der Waals surface area contributed by atoms with Gasteiger partial charge in [-0.05, 0) is 25.1 Å². The average Bonchev–Trinajstić information content (AvgIpc) is 3.09. The van der Waals surface area contributed by atoms with E-state index in [0.717, 1.165) is 5.56 Å². The average molecular weight is 349 g/mol. The number of nitrogens with zero attached hydrogens (tertiary/aromatic N) is 1. The number of nitrogens with one attached hydrogen (secondary N) is 2. The number of hydrogen-bond acceptors (Lipinski definition) is 4. The third-order valence-electron chi connectivity index (χ3n) is 3.82. The summed E-state index contributed by atoms with van der Waals surface area (Å²) in [6, 6.07) is 8.72. The van der Waals surface area contributed by atoms with Gasteiger partial charge in [0.1, 0.15) is 10.6 Å². The lowest BCUT2D eigenvalue weighted by atomic mass is 10.2. The zero-order valence-electron chi connectivity index (χ0n) is 13.3. The number of aryl methyl sites for hydroxylation is 1. The van der Waals surface area contributed by atoms with Crippen LogP contribution in [0.2, 0.25) is 0 Å². The maximum absolute atomic E-state index is 12.5. The monoisotopic (exact) mass is 349 g/mol. The first kappa shape index (κ1) is 16.7.